The summed E-state index contributed by atoms with van der Waals surface area (Å²) in [6.07, 6.45) is 0. The Kier molecular flexibility index (Phi) is 5.38. The summed E-state index contributed by atoms with van der Waals surface area (Å²) in [5.74, 6) is -0.803. The zero-order valence-electron chi connectivity index (χ0n) is 19.3. The first-order chi connectivity index (χ1) is 17.9. The van der Waals surface area contributed by atoms with Gasteiger partial charge in [0.15, 0.2) is 5.82 Å². The Morgan fingerprint density at radius 2 is 1.68 bits per heavy atom. The summed E-state index contributed by atoms with van der Waals surface area (Å²) < 4.78 is 20.9. The molecule has 8 nitrogen and oxygen atoms in total. The molecule has 0 bridgehead atoms. The van der Waals surface area contributed by atoms with Gasteiger partial charge in [-0.05, 0) is 24.3 Å². The Morgan fingerprint density at radius 1 is 0.973 bits per heavy atom. The van der Waals surface area contributed by atoms with Crippen molar-refractivity contribution in [3.8, 4) is 17.1 Å². The highest BCUT2D eigenvalue weighted by Gasteiger charge is 2.34. The number of fused-ring (bicyclic) bond motifs is 2. The Labute approximate surface area is 212 Å². The minimum atomic E-state index is -0.491. The minimum Gasteiger partial charge on any atom is -0.426 e. The second-order valence-corrected chi connectivity index (χ2v) is 9.31. The minimum absolute atomic E-state index is 0.0258. The number of esters is 1. The van der Waals surface area contributed by atoms with Crippen LogP contribution in [0.3, 0.4) is 0 Å². The molecule has 0 saturated carbocycles. The van der Waals surface area contributed by atoms with E-state index < -0.39 is 23.3 Å². The van der Waals surface area contributed by atoms with E-state index in [-0.39, 0.29) is 33.2 Å². The fourth-order valence-corrected chi connectivity index (χ4v) is 5.35. The van der Waals surface area contributed by atoms with Crippen LogP contribution in [0, 0.1) is 5.82 Å². The standard InChI is InChI=1S/C27H17FN4O4S/c1-15(33)36-21-13-7-4-10-18(21)24-29-27-32(30-24)26(35)23(37-27)22-17-9-3-6-12-20(17)31(25(22)34)14-16-8-2-5-11-19(16)28/h2-13H,14H2,1H3. The maximum atomic E-state index is 14.4. The van der Waals surface area contributed by atoms with E-state index in [1.807, 2.05) is 0 Å². The normalized spacial score (nSPS) is 14.3. The number of carbonyl (C=O) groups excluding carboxylic acids is 2. The highest BCUT2D eigenvalue weighted by Crippen LogP contribution is 2.36. The van der Waals surface area contributed by atoms with Crippen molar-refractivity contribution in [2.75, 3.05) is 4.90 Å². The second-order valence-electron chi connectivity index (χ2n) is 8.33. The molecule has 2 aromatic heterocycles. The maximum absolute atomic E-state index is 14.4. The third kappa shape index (κ3) is 3.78. The van der Waals surface area contributed by atoms with Crippen LogP contribution >= 0.6 is 11.3 Å². The van der Waals surface area contributed by atoms with E-state index in [2.05, 4.69) is 10.1 Å². The lowest BCUT2D eigenvalue weighted by Gasteiger charge is -2.17. The Hall–Kier alpha value is -4.70. The Morgan fingerprint density at radius 3 is 2.43 bits per heavy atom. The van der Waals surface area contributed by atoms with Crippen molar-refractivity contribution in [1.82, 2.24) is 14.6 Å². The average molecular weight is 513 g/mol. The maximum Gasteiger partial charge on any atom is 0.308 e. The third-order valence-corrected chi connectivity index (χ3v) is 7.01. The van der Waals surface area contributed by atoms with E-state index >= 15 is 0 Å². The summed E-state index contributed by atoms with van der Waals surface area (Å²) in [4.78, 5) is 44.7. The van der Waals surface area contributed by atoms with Crippen LogP contribution in [0.5, 0.6) is 5.75 Å². The van der Waals surface area contributed by atoms with Gasteiger partial charge >= 0.3 is 5.97 Å². The van der Waals surface area contributed by atoms with Crippen molar-refractivity contribution in [2.24, 2.45) is 0 Å². The fourth-order valence-electron chi connectivity index (χ4n) is 4.35. The number of anilines is 1. The lowest BCUT2D eigenvalue weighted by molar-refractivity contribution is -0.131. The highest BCUT2D eigenvalue weighted by atomic mass is 32.1. The zero-order valence-corrected chi connectivity index (χ0v) is 20.2. The largest absolute Gasteiger partial charge is 0.426 e. The molecule has 3 aromatic carbocycles. The van der Waals surface area contributed by atoms with E-state index in [9.17, 15) is 18.8 Å². The fraction of sp³-hybridized carbons (Fsp3) is 0.0741. The average Bonchev–Trinajstić information content (AvgIpc) is 3.51. The first-order valence-corrected chi connectivity index (χ1v) is 12.1. The van der Waals surface area contributed by atoms with Gasteiger partial charge in [-0.3, -0.25) is 14.4 Å². The zero-order chi connectivity index (χ0) is 25.7. The van der Waals surface area contributed by atoms with Crippen LogP contribution in [-0.2, 0) is 16.1 Å². The van der Waals surface area contributed by atoms with E-state index in [4.69, 9.17) is 4.74 Å². The molecule has 182 valence electrons. The van der Waals surface area contributed by atoms with Crippen molar-refractivity contribution >= 4 is 39.4 Å². The SMILES string of the molecule is CC(=O)Oc1ccccc1-c1nc2sc(=C3C(=O)N(Cc4ccccc4F)c4ccccc43)c(=O)n2n1. The molecule has 0 N–H and O–H groups in total. The third-order valence-electron chi connectivity index (χ3n) is 5.98. The molecule has 0 spiro atoms. The predicted octanol–water partition coefficient (Wildman–Crippen LogP) is 3.35. The molecule has 0 aliphatic carbocycles. The smallest absolute Gasteiger partial charge is 0.308 e. The van der Waals surface area contributed by atoms with Gasteiger partial charge in [-0.25, -0.2) is 4.39 Å². The number of ether oxygens (including phenoxy) is 1. The molecule has 10 heteroatoms. The summed E-state index contributed by atoms with van der Waals surface area (Å²) in [6.45, 7) is 1.32. The highest BCUT2D eigenvalue weighted by molar-refractivity contribution is 7.15. The number of nitrogens with zero attached hydrogens (tertiary/aromatic N) is 4. The molecule has 37 heavy (non-hydrogen) atoms. The number of carbonyl (C=O) groups is 2. The Bertz CT molecular complexity index is 1840. The molecule has 1 aliphatic heterocycles. The van der Waals surface area contributed by atoms with Gasteiger partial charge in [0.25, 0.3) is 11.5 Å². The molecule has 1 amide bonds. The van der Waals surface area contributed by atoms with Gasteiger partial charge in [0, 0.05) is 18.1 Å². The van der Waals surface area contributed by atoms with Crippen LogP contribution in [0.2, 0.25) is 0 Å². The van der Waals surface area contributed by atoms with Gasteiger partial charge in [0.05, 0.1) is 23.4 Å². The van der Waals surface area contributed by atoms with E-state index in [0.29, 0.717) is 22.4 Å². The van der Waals surface area contributed by atoms with Crippen LogP contribution in [0.15, 0.2) is 77.6 Å². The number of halogens is 1. The number of amides is 1. The first kappa shape index (κ1) is 22.7. The lowest BCUT2D eigenvalue weighted by Crippen LogP contribution is -2.32. The van der Waals surface area contributed by atoms with Crippen LogP contribution < -0.4 is 19.7 Å². The van der Waals surface area contributed by atoms with Gasteiger partial charge in [-0.2, -0.15) is 9.50 Å². The van der Waals surface area contributed by atoms with Crippen LogP contribution in [0.4, 0.5) is 10.1 Å². The second kappa shape index (κ2) is 8.75. The number of rotatable bonds is 4. The molecule has 6 rings (SSSR count). The van der Waals surface area contributed by atoms with Crippen molar-refractivity contribution < 1.29 is 18.7 Å². The molecule has 5 aromatic rings. The molecular weight excluding hydrogens is 495 g/mol. The number of thiazole rings is 1. The number of aromatic nitrogens is 3. The monoisotopic (exact) mass is 512 g/mol. The van der Waals surface area contributed by atoms with Crippen molar-refractivity contribution in [3.05, 3.63) is 105 Å². The van der Waals surface area contributed by atoms with Crippen molar-refractivity contribution in [1.29, 1.82) is 0 Å². The number of para-hydroxylation sites is 2. The summed E-state index contributed by atoms with van der Waals surface area (Å²) in [5.41, 5.74) is 1.75. The molecule has 1 aliphatic rings. The van der Waals surface area contributed by atoms with E-state index in [0.717, 1.165) is 15.9 Å². The van der Waals surface area contributed by atoms with E-state index in [1.54, 1.807) is 66.7 Å². The summed E-state index contributed by atoms with van der Waals surface area (Å²) in [5, 5.41) is 4.35. The van der Waals surface area contributed by atoms with Crippen LogP contribution in [-0.4, -0.2) is 26.5 Å². The van der Waals surface area contributed by atoms with Crippen LogP contribution in [0.25, 0.3) is 21.9 Å². The molecule has 0 unspecified atom stereocenters. The van der Waals surface area contributed by atoms with Crippen LogP contribution in [0.1, 0.15) is 18.1 Å². The topological polar surface area (TPSA) is 93.9 Å². The van der Waals surface area contributed by atoms with Gasteiger partial charge in [0.1, 0.15) is 16.1 Å². The quantitative estimate of drug-likeness (QED) is 0.271. The predicted molar refractivity (Wildman–Crippen MR) is 136 cm³/mol. The van der Waals surface area contributed by atoms with Gasteiger partial charge in [-0.15, -0.1) is 5.10 Å². The summed E-state index contributed by atoms with van der Waals surface area (Å²) in [6, 6.07) is 20.1. The molecular formula is C27H17FN4O4S. The van der Waals surface area contributed by atoms with E-state index in [1.165, 1.54) is 17.9 Å². The van der Waals surface area contributed by atoms with Crippen molar-refractivity contribution in [2.45, 2.75) is 13.5 Å². The molecule has 3 heterocycles. The first-order valence-electron chi connectivity index (χ1n) is 11.3. The lowest BCUT2D eigenvalue weighted by atomic mass is 10.1. The van der Waals surface area contributed by atoms with Gasteiger partial charge in [0.2, 0.25) is 4.96 Å². The molecule has 0 fully saturated rings. The summed E-state index contributed by atoms with van der Waals surface area (Å²) >= 11 is 1.05. The molecule has 0 saturated heterocycles. The number of hydrogen-bond acceptors (Lipinski definition) is 7. The number of benzene rings is 3. The number of hydrogen-bond donors (Lipinski definition) is 0. The summed E-state index contributed by atoms with van der Waals surface area (Å²) in [7, 11) is 0. The molecule has 0 atom stereocenters. The van der Waals surface area contributed by atoms with Gasteiger partial charge in [-0.1, -0.05) is 59.9 Å². The molecule has 0 radical (unpaired) electrons. The van der Waals surface area contributed by atoms with Gasteiger partial charge < -0.3 is 9.64 Å². The van der Waals surface area contributed by atoms with Crippen molar-refractivity contribution in [3.63, 3.8) is 0 Å². The Balaban J connectivity index is 1.48.